The van der Waals surface area contributed by atoms with Crippen LogP contribution >= 0.6 is 0 Å². The molecule has 0 aromatic heterocycles. The molecule has 0 radical (unpaired) electrons. The van der Waals surface area contributed by atoms with E-state index in [1.165, 1.54) is 11.6 Å². The van der Waals surface area contributed by atoms with Crippen LogP contribution in [0.4, 0.5) is 0 Å². The lowest BCUT2D eigenvalue weighted by molar-refractivity contribution is 0.106. The van der Waals surface area contributed by atoms with Gasteiger partial charge in [0, 0.05) is 25.2 Å². The van der Waals surface area contributed by atoms with Crippen molar-refractivity contribution in [1.82, 2.24) is 10.2 Å². The summed E-state index contributed by atoms with van der Waals surface area (Å²) in [5, 5.41) is 41.5. The molecule has 2 aromatic carbocycles. The molecule has 5 N–H and O–H groups in total. The van der Waals surface area contributed by atoms with E-state index in [0.717, 1.165) is 42.6 Å². The Morgan fingerprint density at radius 3 is 2.61 bits per heavy atom. The molecule has 0 saturated carbocycles. The summed E-state index contributed by atoms with van der Waals surface area (Å²) in [4.78, 5) is 2.40. The van der Waals surface area contributed by atoms with Gasteiger partial charge >= 0.3 is 0 Å². The predicted molar refractivity (Wildman–Crippen MR) is 108 cm³/mol. The number of aliphatic hydroxyl groups excluding tert-OH is 2. The molecule has 0 bridgehead atoms. The van der Waals surface area contributed by atoms with E-state index < -0.39 is 6.23 Å². The van der Waals surface area contributed by atoms with E-state index in [4.69, 9.17) is 5.11 Å². The lowest BCUT2D eigenvalue weighted by Crippen LogP contribution is -2.40. The second kappa shape index (κ2) is 8.49. The molecule has 6 heteroatoms. The van der Waals surface area contributed by atoms with Crippen LogP contribution in [0.25, 0.3) is 0 Å². The second-order valence-electron chi connectivity index (χ2n) is 8.06. The summed E-state index contributed by atoms with van der Waals surface area (Å²) in [6.45, 7) is 6.33. The average molecular weight is 386 g/mol. The molecule has 0 fully saturated rings. The summed E-state index contributed by atoms with van der Waals surface area (Å²) in [6.07, 6.45) is 0.901. The third kappa shape index (κ3) is 4.47. The zero-order valence-corrected chi connectivity index (χ0v) is 16.5. The van der Waals surface area contributed by atoms with E-state index in [1.807, 2.05) is 18.2 Å². The minimum atomic E-state index is -0.787. The maximum absolute atomic E-state index is 10.4. The minimum absolute atomic E-state index is 0.0158. The van der Waals surface area contributed by atoms with Crippen molar-refractivity contribution in [3.63, 3.8) is 0 Å². The summed E-state index contributed by atoms with van der Waals surface area (Å²) in [6, 6.07) is 11.0. The number of aliphatic hydroxyl groups is 2. The van der Waals surface area contributed by atoms with Gasteiger partial charge in [-0.15, -0.1) is 0 Å². The molecular formula is C22H30N2O4. The highest BCUT2D eigenvalue weighted by atomic mass is 16.3. The first-order valence-corrected chi connectivity index (χ1v) is 9.70. The number of benzene rings is 2. The van der Waals surface area contributed by atoms with E-state index in [1.54, 1.807) is 6.07 Å². The van der Waals surface area contributed by atoms with Crippen LogP contribution in [-0.4, -0.2) is 44.0 Å². The van der Waals surface area contributed by atoms with E-state index >= 15 is 0 Å². The molecule has 28 heavy (non-hydrogen) atoms. The topological polar surface area (TPSA) is 96.2 Å². The Morgan fingerprint density at radius 2 is 1.89 bits per heavy atom. The van der Waals surface area contributed by atoms with E-state index in [2.05, 4.69) is 30.1 Å². The molecule has 0 spiro atoms. The lowest BCUT2D eigenvalue weighted by atomic mass is 9.93. The van der Waals surface area contributed by atoms with Crippen molar-refractivity contribution in [3.05, 3.63) is 58.7 Å². The molecule has 0 aliphatic carbocycles. The van der Waals surface area contributed by atoms with Crippen molar-refractivity contribution in [2.45, 2.75) is 51.5 Å². The van der Waals surface area contributed by atoms with Crippen LogP contribution in [0.15, 0.2) is 36.4 Å². The summed E-state index contributed by atoms with van der Waals surface area (Å²) < 4.78 is 0. The highest BCUT2D eigenvalue weighted by molar-refractivity contribution is 5.41. The van der Waals surface area contributed by atoms with Gasteiger partial charge < -0.3 is 20.4 Å². The molecule has 1 heterocycles. The SMILES string of the molecule is CC(C)(CCc1ccc(O)c(O)c1)N1Cc2cccc(C(O)NCCO)c2C1. The Balaban J connectivity index is 1.69. The zero-order valence-electron chi connectivity index (χ0n) is 16.5. The first kappa shape index (κ1) is 20.6. The fraction of sp³-hybridized carbons (Fsp3) is 0.455. The number of hydrogen-bond donors (Lipinski definition) is 5. The largest absolute Gasteiger partial charge is 0.504 e. The third-order valence-corrected chi connectivity index (χ3v) is 5.68. The van der Waals surface area contributed by atoms with Gasteiger partial charge in [-0.2, -0.15) is 0 Å². The number of fused-ring (bicyclic) bond motifs is 1. The van der Waals surface area contributed by atoms with Crippen LogP contribution in [0.2, 0.25) is 0 Å². The van der Waals surface area contributed by atoms with E-state index in [0.29, 0.717) is 6.54 Å². The zero-order chi connectivity index (χ0) is 20.3. The molecule has 1 aliphatic heterocycles. The van der Waals surface area contributed by atoms with Gasteiger partial charge in [0.05, 0.1) is 6.61 Å². The first-order valence-electron chi connectivity index (χ1n) is 9.70. The molecule has 0 saturated heterocycles. The minimum Gasteiger partial charge on any atom is -0.504 e. The maximum atomic E-state index is 10.4. The van der Waals surface area contributed by atoms with Gasteiger partial charge in [0.25, 0.3) is 0 Å². The van der Waals surface area contributed by atoms with Crippen molar-refractivity contribution >= 4 is 0 Å². The lowest BCUT2D eigenvalue weighted by Gasteiger charge is -2.35. The van der Waals surface area contributed by atoms with Gasteiger partial charge in [0.2, 0.25) is 0 Å². The summed E-state index contributed by atoms with van der Waals surface area (Å²) in [5.41, 5.74) is 4.15. The van der Waals surface area contributed by atoms with Crippen LogP contribution in [0.1, 0.15) is 48.8 Å². The average Bonchev–Trinajstić information content (AvgIpc) is 3.12. The van der Waals surface area contributed by atoms with Gasteiger partial charge in [-0.25, -0.2) is 0 Å². The highest BCUT2D eigenvalue weighted by Crippen LogP contribution is 2.35. The summed E-state index contributed by atoms with van der Waals surface area (Å²) in [5.74, 6) is -0.184. The molecule has 2 aromatic rings. The Bertz CT molecular complexity index is 822. The molecule has 1 aliphatic rings. The van der Waals surface area contributed by atoms with Crippen molar-refractivity contribution < 1.29 is 20.4 Å². The Kier molecular flexibility index (Phi) is 6.25. The fourth-order valence-corrected chi connectivity index (χ4v) is 3.78. The van der Waals surface area contributed by atoms with Gasteiger partial charge in [-0.1, -0.05) is 24.3 Å². The number of aromatic hydroxyl groups is 2. The predicted octanol–water partition coefficient (Wildman–Crippen LogP) is 2.40. The summed E-state index contributed by atoms with van der Waals surface area (Å²) >= 11 is 0. The van der Waals surface area contributed by atoms with Gasteiger partial charge in [0.1, 0.15) is 6.23 Å². The van der Waals surface area contributed by atoms with Gasteiger partial charge in [0.15, 0.2) is 11.5 Å². The van der Waals surface area contributed by atoms with Crippen molar-refractivity contribution in [1.29, 1.82) is 0 Å². The Morgan fingerprint density at radius 1 is 1.11 bits per heavy atom. The number of hydrogen-bond acceptors (Lipinski definition) is 6. The normalized spacial score (nSPS) is 15.6. The molecule has 6 nitrogen and oxygen atoms in total. The smallest absolute Gasteiger partial charge is 0.157 e. The molecular weight excluding hydrogens is 356 g/mol. The Labute approximate surface area is 166 Å². The van der Waals surface area contributed by atoms with Gasteiger partial charge in [-0.3, -0.25) is 10.2 Å². The van der Waals surface area contributed by atoms with E-state index in [9.17, 15) is 15.3 Å². The monoisotopic (exact) mass is 386 g/mol. The maximum Gasteiger partial charge on any atom is 0.157 e. The number of rotatable bonds is 8. The van der Waals surface area contributed by atoms with E-state index in [-0.39, 0.29) is 23.6 Å². The molecule has 1 unspecified atom stereocenters. The third-order valence-electron chi connectivity index (χ3n) is 5.68. The van der Waals surface area contributed by atoms with Gasteiger partial charge in [-0.05, 0) is 61.1 Å². The number of phenols is 2. The number of nitrogens with one attached hydrogen (secondary N) is 1. The quantitative estimate of drug-likeness (QED) is 0.353. The number of phenolic OH excluding ortho intramolecular Hbond substituents is 2. The standard InChI is InChI=1S/C22H30N2O4/c1-22(2,9-8-15-6-7-19(26)20(27)12-15)24-13-16-4-3-5-17(18(16)14-24)21(28)23-10-11-25/h3-7,12,21,23,25-28H,8-11,13-14H2,1-2H3. The second-order valence-corrected chi connectivity index (χ2v) is 8.06. The van der Waals surface area contributed by atoms with Crippen molar-refractivity contribution in [2.75, 3.05) is 13.2 Å². The summed E-state index contributed by atoms with van der Waals surface area (Å²) in [7, 11) is 0. The van der Waals surface area contributed by atoms with Crippen LogP contribution in [0.3, 0.4) is 0 Å². The number of nitrogens with zero attached hydrogens (tertiary/aromatic N) is 1. The molecule has 0 amide bonds. The van der Waals surface area contributed by atoms with Crippen LogP contribution in [0, 0.1) is 0 Å². The fourth-order valence-electron chi connectivity index (χ4n) is 3.78. The Hall–Kier alpha value is -2.12. The number of aryl methyl sites for hydroxylation is 1. The molecule has 3 rings (SSSR count). The van der Waals surface area contributed by atoms with Crippen molar-refractivity contribution in [3.8, 4) is 11.5 Å². The van der Waals surface area contributed by atoms with Crippen LogP contribution in [0.5, 0.6) is 11.5 Å². The van der Waals surface area contributed by atoms with Crippen LogP contribution < -0.4 is 5.32 Å². The molecule has 1 atom stereocenters. The highest BCUT2D eigenvalue weighted by Gasteiger charge is 2.33. The van der Waals surface area contributed by atoms with Crippen LogP contribution in [-0.2, 0) is 19.5 Å². The molecule has 152 valence electrons. The van der Waals surface area contributed by atoms with Crippen molar-refractivity contribution in [2.24, 2.45) is 0 Å². The first-order chi connectivity index (χ1) is 13.3.